The van der Waals surface area contributed by atoms with Crippen LogP contribution in [0, 0.1) is 0 Å². The van der Waals surface area contributed by atoms with E-state index in [0.29, 0.717) is 5.82 Å². The van der Waals surface area contributed by atoms with Gasteiger partial charge in [0.1, 0.15) is 24.7 Å². The molecule has 2 aromatic rings. The molecule has 0 unspecified atom stereocenters. The quantitative estimate of drug-likeness (QED) is 0.842. The van der Waals surface area contributed by atoms with Crippen LogP contribution < -0.4 is 10.5 Å². The maximum absolute atomic E-state index is 11.6. The first-order chi connectivity index (χ1) is 9.58. The molecule has 20 heavy (non-hydrogen) atoms. The zero-order chi connectivity index (χ0) is 14.5. The number of anilines is 1. The van der Waals surface area contributed by atoms with E-state index < -0.39 is 0 Å². The summed E-state index contributed by atoms with van der Waals surface area (Å²) in [4.78, 5) is 11.6. The van der Waals surface area contributed by atoms with Crippen molar-refractivity contribution in [2.45, 2.75) is 13.2 Å². The van der Waals surface area contributed by atoms with Crippen LogP contribution in [-0.4, -0.2) is 22.9 Å². The molecule has 0 radical (unpaired) electrons. The number of nitrogens with zero attached hydrogens (tertiary/aromatic N) is 2. The van der Waals surface area contributed by atoms with Crippen LogP contribution >= 0.6 is 15.9 Å². The van der Waals surface area contributed by atoms with Crippen molar-refractivity contribution in [3.63, 3.8) is 0 Å². The molecule has 0 atom stereocenters. The summed E-state index contributed by atoms with van der Waals surface area (Å²) < 4.78 is 12.5. The standard InChI is InChI=1S/C13H14BrN3O3/c1-19-11-3-2-9(6-10(11)14)8-20-13(18)7-17-5-4-12(15)16-17/h2-6H,7-8H2,1H3,(H2,15,16). The summed E-state index contributed by atoms with van der Waals surface area (Å²) in [6, 6.07) is 7.11. The Morgan fingerprint density at radius 1 is 1.45 bits per heavy atom. The number of hydrogen-bond acceptors (Lipinski definition) is 5. The van der Waals surface area contributed by atoms with Gasteiger partial charge in [-0.15, -0.1) is 0 Å². The monoisotopic (exact) mass is 339 g/mol. The second kappa shape index (κ2) is 6.42. The van der Waals surface area contributed by atoms with Crippen molar-refractivity contribution in [2.75, 3.05) is 12.8 Å². The number of hydrogen-bond donors (Lipinski definition) is 1. The van der Waals surface area contributed by atoms with E-state index in [1.807, 2.05) is 12.1 Å². The van der Waals surface area contributed by atoms with E-state index in [2.05, 4.69) is 21.0 Å². The molecule has 0 aliphatic heterocycles. The van der Waals surface area contributed by atoms with Gasteiger partial charge in [0.05, 0.1) is 11.6 Å². The number of nitrogen functional groups attached to an aromatic ring is 1. The van der Waals surface area contributed by atoms with Crippen molar-refractivity contribution < 1.29 is 14.3 Å². The highest BCUT2D eigenvalue weighted by atomic mass is 79.9. The Hall–Kier alpha value is -2.02. The molecule has 0 aliphatic rings. The third kappa shape index (κ3) is 3.74. The van der Waals surface area contributed by atoms with E-state index in [-0.39, 0.29) is 19.1 Å². The molecule has 0 saturated carbocycles. The van der Waals surface area contributed by atoms with Crippen LogP contribution in [0.4, 0.5) is 5.82 Å². The number of methoxy groups -OCH3 is 1. The number of nitrogens with two attached hydrogens (primary N) is 1. The molecular weight excluding hydrogens is 326 g/mol. The van der Waals surface area contributed by atoms with E-state index >= 15 is 0 Å². The Morgan fingerprint density at radius 3 is 2.85 bits per heavy atom. The van der Waals surface area contributed by atoms with Crippen LogP contribution in [0.25, 0.3) is 0 Å². The molecule has 7 heteroatoms. The number of ether oxygens (including phenoxy) is 2. The number of rotatable bonds is 5. The van der Waals surface area contributed by atoms with E-state index in [0.717, 1.165) is 15.8 Å². The average Bonchev–Trinajstić information content (AvgIpc) is 2.82. The second-order valence-electron chi connectivity index (χ2n) is 4.07. The molecule has 0 spiro atoms. The summed E-state index contributed by atoms with van der Waals surface area (Å²) in [5.74, 6) is 0.726. The molecular formula is C13H14BrN3O3. The van der Waals surface area contributed by atoms with Crippen LogP contribution in [0.1, 0.15) is 5.56 Å². The summed E-state index contributed by atoms with van der Waals surface area (Å²) in [6.45, 7) is 0.229. The van der Waals surface area contributed by atoms with Gasteiger partial charge in [-0.25, -0.2) is 0 Å². The molecule has 0 fully saturated rings. The Kier molecular flexibility index (Phi) is 4.62. The highest BCUT2D eigenvalue weighted by Gasteiger charge is 2.07. The first-order valence-corrected chi connectivity index (χ1v) is 6.65. The maximum atomic E-state index is 11.6. The summed E-state index contributed by atoms with van der Waals surface area (Å²) >= 11 is 3.38. The average molecular weight is 340 g/mol. The lowest BCUT2D eigenvalue weighted by molar-refractivity contribution is -0.145. The van der Waals surface area contributed by atoms with Crippen LogP contribution in [0.3, 0.4) is 0 Å². The summed E-state index contributed by atoms with van der Waals surface area (Å²) in [7, 11) is 1.59. The van der Waals surface area contributed by atoms with E-state index in [4.69, 9.17) is 15.2 Å². The predicted octanol–water partition coefficient (Wildman–Crippen LogP) is 1.98. The Balaban J connectivity index is 1.88. The number of carbonyl (C=O) groups is 1. The highest BCUT2D eigenvalue weighted by Crippen LogP contribution is 2.25. The second-order valence-corrected chi connectivity index (χ2v) is 4.92. The van der Waals surface area contributed by atoms with Gasteiger partial charge in [-0.2, -0.15) is 5.10 Å². The molecule has 0 aliphatic carbocycles. The van der Waals surface area contributed by atoms with Crippen LogP contribution in [0.5, 0.6) is 5.75 Å². The fourth-order valence-corrected chi connectivity index (χ4v) is 2.19. The number of benzene rings is 1. The summed E-state index contributed by atoms with van der Waals surface area (Å²) in [5.41, 5.74) is 6.33. The van der Waals surface area contributed by atoms with Crippen molar-refractivity contribution in [1.82, 2.24) is 9.78 Å². The third-order valence-corrected chi connectivity index (χ3v) is 3.19. The molecule has 0 bridgehead atoms. The lowest BCUT2D eigenvalue weighted by Gasteiger charge is -2.07. The minimum absolute atomic E-state index is 0.0362. The first-order valence-electron chi connectivity index (χ1n) is 5.85. The summed E-state index contributed by atoms with van der Waals surface area (Å²) in [6.07, 6.45) is 1.63. The molecule has 1 aromatic carbocycles. The molecule has 6 nitrogen and oxygen atoms in total. The maximum Gasteiger partial charge on any atom is 0.328 e. The SMILES string of the molecule is COc1ccc(COC(=O)Cn2ccc(N)n2)cc1Br. The van der Waals surface area contributed by atoms with Crippen molar-refractivity contribution >= 4 is 27.7 Å². The molecule has 106 valence electrons. The predicted molar refractivity (Wildman–Crippen MR) is 77.1 cm³/mol. The van der Waals surface area contributed by atoms with Crippen molar-refractivity contribution in [2.24, 2.45) is 0 Å². The van der Waals surface area contributed by atoms with Gasteiger partial charge in [0.25, 0.3) is 0 Å². The van der Waals surface area contributed by atoms with Gasteiger partial charge in [-0.1, -0.05) is 6.07 Å². The van der Waals surface area contributed by atoms with Crippen molar-refractivity contribution in [3.8, 4) is 5.75 Å². The van der Waals surface area contributed by atoms with Crippen molar-refractivity contribution in [3.05, 3.63) is 40.5 Å². The molecule has 2 N–H and O–H groups in total. The fourth-order valence-electron chi connectivity index (χ4n) is 1.61. The minimum Gasteiger partial charge on any atom is -0.496 e. The zero-order valence-corrected chi connectivity index (χ0v) is 12.5. The molecule has 1 heterocycles. The van der Waals surface area contributed by atoms with Crippen molar-refractivity contribution in [1.29, 1.82) is 0 Å². The van der Waals surface area contributed by atoms with E-state index in [1.54, 1.807) is 25.4 Å². The number of carbonyl (C=O) groups excluding carboxylic acids is 1. The third-order valence-electron chi connectivity index (χ3n) is 2.57. The zero-order valence-electron chi connectivity index (χ0n) is 10.9. The highest BCUT2D eigenvalue weighted by molar-refractivity contribution is 9.10. The fraction of sp³-hybridized carbons (Fsp3) is 0.231. The van der Waals surface area contributed by atoms with E-state index in [9.17, 15) is 4.79 Å². The number of esters is 1. The topological polar surface area (TPSA) is 79.4 Å². The Labute approximate surface area is 124 Å². The van der Waals surface area contributed by atoms with Gasteiger partial charge >= 0.3 is 5.97 Å². The molecule has 2 rings (SSSR count). The lowest BCUT2D eigenvalue weighted by Crippen LogP contribution is -2.14. The smallest absolute Gasteiger partial charge is 0.328 e. The van der Waals surface area contributed by atoms with Crippen LogP contribution in [0.15, 0.2) is 34.9 Å². The van der Waals surface area contributed by atoms with Gasteiger partial charge in [0, 0.05) is 6.20 Å². The van der Waals surface area contributed by atoms with Crippen LogP contribution in [0.2, 0.25) is 0 Å². The first kappa shape index (κ1) is 14.4. The summed E-state index contributed by atoms with van der Waals surface area (Å²) in [5, 5.41) is 3.91. The molecule has 0 saturated heterocycles. The number of aromatic nitrogens is 2. The molecule has 1 aromatic heterocycles. The molecule has 0 amide bonds. The van der Waals surface area contributed by atoms with Crippen LogP contribution in [-0.2, 0) is 22.7 Å². The lowest BCUT2D eigenvalue weighted by atomic mass is 10.2. The van der Waals surface area contributed by atoms with Gasteiger partial charge < -0.3 is 15.2 Å². The number of halogens is 1. The Bertz CT molecular complexity index is 613. The van der Waals surface area contributed by atoms with E-state index in [1.165, 1.54) is 4.68 Å². The minimum atomic E-state index is -0.375. The van der Waals surface area contributed by atoms with Gasteiger partial charge in [0.15, 0.2) is 0 Å². The van der Waals surface area contributed by atoms with Gasteiger partial charge in [-0.3, -0.25) is 9.48 Å². The largest absolute Gasteiger partial charge is 0.496 e. The normalized spacial score (nSPS) is 10.3. The van der Waals surface area contributed by atoms with Gasteiger partial charge in [-0.05, 0) is 39.7 Å². The Morgan fingerprint density at radius 2 is 2.25 bits per heavy atom. The van der Waals surface area contributed by atoms with Gasteiger partial charge in [0.2, 0.25) is 0 Å².